The third kappa shape index (κ3) is 6.20. The van der Waals surface area contributed by atoms with E-state index in [1.165, 1.54) is 7.05 Å². The number of halogens is 3. The Kier molecular flexibility index (Phi) is 5.53. The van der Waals surface area contributed by atoms with Crippen molar-refractivity contribution >= 4 is 11.6 Å². The summed E-state index contributed by atoms with van der Waals surface area (Å²) in [6.45, 7) is -1.03. The van der Waals surface area contributed by atoms with Crippen LogP contribution in [-0.4, -0.2) is 37.1 Å². The maximum Gasteiger partial charge on any atom is 0.401 e. The van der Waals surface area contributed by atoms with Crippen molar-refractivity contribution in [2.45, 2.75) is 12.6 Å². The van der Waals surface area contributed by atoms with E-state index in [0.717, 1.165) is 4.90 Å². The molecule has 0 saturated carbocycles. The Morgan fingerprint density at radius 2 is 1.95 bits per heavy atom. The molecule has 0 aromatic heterocycles. The number of hydrogen-bond acceptors (Lipinski definition) is 3. The number of nitrogens with zero attached hydrogens (tertiary/aromatic N) is 2. The van der Waals surface area contributed by atoms with E-state index >= 15 is 0 Å². The summed E-state index contributed by atoms with van der Waals surface area (Å²) >= 11 is 0. The number of carbonyl (C=O) groups is 1. The van der Waals surface area contributed by atoms with Crippen LogP contribution in [0.5, 0.6) is 0 Å². The first-order valence-electron chi connectivity index (χ1n) is 5.85. The van der Waals surface area contributed by atoms with Gasteiger partial charge in [0.2, 0.25) is 5.91 Å². The topological polar surface area (TPSA) is 56.1 Å². The molecule has 1 aromatic carbocycles. The van der Waals surface area contributed by atoms with E-state index in [1.807, 2.05) is 6.07 Å². The SMILES string of the molecule is CN(CCC(=O)Nc1ccc(C#N)cc1)CC(F)(F)F. The molecule has 0 aliphatic carbocycles. The third-order valence-electron chi connectivity index (χ3n) is 2.47. The molecule has 0 heterocycles. The second-order valence-electron chi connectivity index (χ2n) is 4.34. The number of nitrogens with one attached hydrogen (secondary N) is 1. The van der Waals surface area contributed by atoms with Crippen molar-refractivity contribution < 1.29 is 18.0 Å². The van der Waals surface area contributed by atoms with Gasteiger partial charge in [0.15, 0.2) is 0 Å². The molecule has 0 unspecified atom stereocenters. The van der Waals surface area contributed by atoms with E-state index in [-0.39, 0.29) is 18.9 Å². The molecular formula is C13H14F3N3O. The lowest BCUT2D eigenvalue weighted by atomic mass is 10.2. The van der Waals surface area contributed by atoms with E-state index < -0.39 is 12.7 Å². The Balaban J connectivity index is 2.38. The zero-order valence-electron chi connectivity index (χ0n) is 10.9. The van der Waals surface area contributed by atoms with Crippen LogP contribution in [-0.2, 0) is 4.79 Å². The van der Waals surface area contributed by atoms with E-state index in [0.29, 0.717) is 11.3 Å². The van der Waals surface area contributed by atoms with Crippen LogP contribution in [0.2, 0.25) is 0 Å². The van der Waals surface area contributed by atoms with E-state index in [2.05, 4.69) is 5.32 Å². The van der Waals surface area contributed by atoms with Gasteiger partial charge in [0.25, 0.3) is 0 Å². The van der Waals surface area contributed by atoms with Gasteiger partial charge in [-0.2, -0.15) is 18.4 Å². The summed E-state index contributed by atoms with van der Waals surface area (Å²) in [5, 5.41) is 11.2. The Bertz CT molecular complexity index is 491. The Morgan fingerprint density at radius 1 is 1.35 bits per heavy atom. The van der Waals surface area contributed by atoms with Gasteiger partial charge >= 0.3 is 6.18 Å². The van der Waals surface area contributed by atoms with Gasteiger partial charge in [0, 0.05) is 18.7 Å². The molecule has 0 aliphatic rings. The summed E-state index contributed by atoms with van der Waals surface area (Å²) in [4.78, 5) is 12.6. The second-order valence-corrected chi connectivity index (χ2v) is 4.34. The summed E-state index contributed by atoms with van der Waals surface area (Å²) in [5.41, 5.74) is 0.973. The average molecular weight is 285 g/mol. The maximum absolute atomic E-state index is 12.1. The van der Waals surface area contributed by atoms with Crippen molar-refractivity contribution in [3.63, 3.8) is 0 Å². The molecule has 4 nitrogen and oxygen atoms in total. The molecule has 0 saturated heterocycles. The number of hydrogen-bond donors (Lipinski definition) is 1. The molecule has 0 atom stereocenters. The van der Waals surface area contributed by atoms with Crippen molar-refractivity contribution in [1.29, 1.82) is 5.26 Å². The molecule has 108 valence electrons. The lowest BCUT2D eigenvalue weighted by Gasteiger charge is -2.18. The normalized spacial score (nSPS) is 11.2. The van der Waals surface area contributed by atoms with Gasteiger partial charge < -0.3 is 5.32 Å². The monoisotopic (exact) mass is 285 g/mol. The lowest BCUT2D eigenvalue weighted by molar-refractivity contribution is -0.144. The largest absolute Gasteiger partial charge is 0.401 e. The van der Waals surface area contributed by atoms with Crippen molar-refractivity contribution in [3.8, 4) is 6.07 Å². The molecule has 0 aliphatic heterocycles. The minimum absolute atomic E-state index is 0.0155. The molecule has 0 radical (unpaired) electrons. The molecule has 1 rings (SSSR count). The average Bonchev–Trinajstić information content (AvgIpc) is 2.35. The summed E-state index contributed by atoms with van der Waals surface area (Å²) in [6.07, 6.45) is -4.30. The van der Waals surface area contributed by atoms with Crippen molar-refractivity contribution in [2.75, 3.05) is 25.5 Å². The van der Waals surface area contributed by atoms with Crippen LogP contribution in [0.15, 0.2) is 24.3 Å². The quantitative estimate of drug-likeness (QED) is 0.903. The zero-order valence-corrected chi connectivity index (χ0v) is 10.9. The fourth-order valence-corrected chi connectivity index (χ4v) is 1.53. The zero-order chi connectivity index (χ0) is 15.2. The van der Waals surface area contributed by atoms with E-state index in [4.69, 9.17) is 5.26 Å². The van der Waals surface area contributed by atoms with Gasteiger partial charge in [-0.25, -0.2) is 0 Å². The summed E-state index contributed by atoms with van der Waals surface area (Å²) in [5.74, 6) is -0.372. The van der Waals surface area contributed by atoms with Gasteiger partial charge in [-0.15, -0.1) is 0 Å². The van der Waals surface area contributed by atoms with Crippen molar-refractivity contribution in [1.82, 2.24) is 4.90 Å². The Hall–Kier alpha value is -2.07. The maximum atomic E-state index is 12.1. The second kappa shape index (κ2) is 6.91. The minimum Gasteiger partial charge on any atom is -0.326 e. The summed E-state index contributed by atoms with van der Waals surface area (Å²) in [7, 11) is 1.31. The van der Waals surface area contributed by atoms with Gasteiger partial charge in [-0.1, -0.05) is 0 Å². The highest BCUT2D eigenvalue weighted by molar-refractivity contribution is 5.90. The van der Waals surface area contributed by atoms with Crippen LogP contribution in [0.25, 0.3) is 0 Å². The Labute approximate surface area is 114 Å². The van der Waals surface area contributed by atoms with Crippen LogP contribution in [0.1, 0.15) is 12.0 Å². The van der Waals surface area contributed by atoms with Gasteiger partial charge in [0.1, 0.15) is 0 Å². The van der Waals surface area contributed by atoms with E-state index in [1.54, 1.807) is 24.3 Å². The Morgan fingerprint density at radius 3 is 2.45 bits per heavy atom. The number of rotatable bonds is 5. The third-order valence-corrected chi connectivity index (χ3v) is 2.47. The van der Waals surface area contributed by atoms with Crippen LogP contribution in [0, 0.1) is 11.3 Å². The number of nitriles is 1. The molecule has 0 spiro atoms. The highest BCUT2D eigenvalue weighted by Crippen LogP contribution is 2.15. The summed E-state index contributed by atoms with van der Waals surface area (Å²) in [6, 6.07) is 8.17. The van der Waals surface area contributed by atoms with Gasteiger partial charge in [-0.3, -0.25) is 9.69 Å². The predicted octanol–water partition coefficient (Wildman–Crippen LogP) is 2.38. The molecule has 0 fully saturated rings. The van der Waals surface area contributed by atoms with Crippen LogP contribution >= 0.6 is 0 Å². The lowest BCUT2D eigenvalue weighted by Crippen LogP contribution is -2.33. The standard InChI is InChI=1S/C13H14F3N3O/c1-19(9-13(14,15)16)7-6-12(20)18-11-4-2-10(8-17)3-5-11/h2-5H,6-7,9H2,1H3,(H,18,20). The molecule has 1 amide bonds. The van der Waals surface area contributed by atoms with Crippen molar-refractivity contribution in [2.24, 2.45) is 0 Å². The van der Waals surface area contributed by atoms with Gasteiger partial charge in [-0.05, 0) is 31.3 Å². The fraction of sp³-hybridized carbons (Fsp3) is 0.385. The van der Waals surface area contributed by atoms with Gasteiger partial charge in [0.05, 0.1) is 18.2 Å². The van der Waals surface area contributed by atoms with Crippen LogP contribution in [0.3, 0.4) is 0 Å². The highest BCUT2D eigenvalue weighted by Gasteiger charge is 2.29. The van der Waals surface area contributed by atoms with E-state index in [9.17, 15) is 18.0 Å². The molecule has 1 N–H and O–H groups in total. The first-order chi connectivity index (χ1) is 9.30. The molecule has 1 aromatic rings. The predicted molar refractivity (Wildman–Crippen MR) is 68.0 cm³/mol. The first kappa shape index (κ1) is 16.0. The highest BCUT2D eigenvalue weighted by atomic mass is 19.4. The molecule has 20 heavy (non-hydrogen) atoms. The van der Waals surface area contributed by atoms with Crippen LogP contribution < -0.4 is 5.32 Å². The molecule has 7 heteroatoms. The fourth-order valence-electron chi connectivity index (χ4n) is 1.53. The minimum atomic E-state index is -4.27. The smallest absolute Gasteiger partial charge is 0.326 e. The number of alkyl halides is 3. The number of benzene rings is 1. The number of amides is 1. The molecule has 0 bridgehead atoms. The number of anilines is 1. The first-order valence-corrected chi connectivity index (χ1v) is 5.85. The number of carbonyl (C=O) groups excluding carboxylic acids is 1. The summed E-state index contributed by atoms with van der Waals surface area (Å²) < 4.78 is 36.2. The van der Waals surface area contributed by atoms with Crippen LogP contribution in [0.4, 0.5) is 18.9 Å². The van der Waals surface area contributed by atoms with Crippen molar-refractivity contribution in [3.05, 3.63) is 29.8 Å². The molecular weight excluding hydrogens is 271 g/mol.